The highest BCUT2D eigenvalue weighted by molar-refractivity contribution is 5.94. The summed E-state index contributed by atoms with van der Waals surface area (Å²) < 4.78 is 12.7. The van der Waals surface area contributed by atoms with Crippen LogP contribution in [-0.2, 0) is 0 Å². The van der Waals surface area contributed by atoms with Crippen molar-refractivity contribution in [3.8, 4) is 0 Å². The van der Waals surface area contributed by atoms with E-state index in [1.165, 1.54) is 18.2 Å². The largest absolute Gasteiger partial charge is 0.392 e. The topological polar surface area (TPSA) is 49.3 Å². The third-order valence-corrected chi connectivity index (χ3v) is 1.64. The van der Waals surface area contributed by atoms with E-state index in [1.807, 2.05) is 0 Å². The molecule has 1 unspecified atom stereocenters. The summed E-state index contributed by atoms with van der Waals surface area (Å²) in [5.41, 5.74) is 0.255. The van der Waals surface area contributed by atoms with Crippen LogP contribution in [0.25, 0.3) is 0 Å². The Morgan fingerprint density at radius 1 is 1.64 bits per heavy atom. The van der Waals surface area contributed by atoms with Crippen molar-refractivity contribution in [1.82, 2.24) is 5.32 Å². The lowest BCUT2D eigenvalue weighted by Gasteiger charge is -2.06. The molecule has 0 aromatic heterocycles. The fourth-order valence-electron chi connectivity index (χ4n) is 0.972. The van der Waals surface area contributed by atoms with Crippen LogP contribution >= 0.6 is 0 Å². The molecule has 0 aliphatic carbocycles. The van der Waals surface area contributed by atoms with E-state index in [9.17, 15) is 9.18 Å². The maximum Gasteiger partial charge on any atom is 0.251 e. The molecule has 0 fully saturated rings. The lowest BCUT2D eigenvalue weighted by Crippen LogP contribution is -2.30. The maximum atomic E-state index is 12.7. The maximum absolute atomic E-state index is 12.7. The summed E-state index contributed by atoms with van der Waals surface area (Å²) in [6.07, 6.45) is -0.604. The van der Waals surface area contributed by atoms with Gasteiger partial charge in [0.05, 0.1) is 6.10 Å². The molecule has 3 nitrogen and oxygen atoms in total. The Kier molecular flexibility index (Phi) is 3.59. The summed E-state index contributed by atoms with van der Waals surface area (Å²) in [7, 11) is 0. The van der Waals surface area contributed by atoms with E-state index in [1.54, 1.807) is 6.92 Å². The number of aliphatic hydroxyl groups excluding tert-OH is 1. The number of hydrogen-bond donors (Lipinski definition) is 2. The van der Waals surface area contributed by atoms with Crippen molar-refractivity contribution in [3.05, 3.63) is 35.6 Å². The number of nitrogens with one attached hydrogen (secondary N) is 1. The molecule has 1 amide bonds. The predicted molar refractivity (Wildman–Crippen MR) is 50.4 cm³/mol. The second kappa shape index (κ2) is 4.72. The fraction of sp³-hybridized carbons (Fsp3) is 0.300. The monoisotopic (exact) mass is 197 g/mol. The normalized spacial score (nSPS) is 12.2. The Bertz CT molecular complexity index is 326. The molecule has 0 aliphatic heterocycles. The molecule has 0 aliphatic rings. The van der Waals surface area contributed by atoms with Gasteiger partial charge < -0.3 is 10.4 Å². The van der Waals surface area contributed by atoms with E-state index < -0.39 is 11.9 Å². The minimum atomic E-state index is -0.604. The molecule has 0 radical (unpaired) electrons. The van der Waals surface area contributed by atoms with Crippen LogP contribution in [0.4, 0.5) is 4.39 Å². The van der Waals surface area contributed by atoms with Crippen molar-refractivity contribution >= 4 is 5.91 Å². The number of hydrogen-bond acceptors (Lipinski definition) is 2. The molecule has 1 aromatic carbocycles. The smallest absolute Gasteiger partial charge is 0.251 e. The molecule has 4 heteroatoms. The van der Waals surface area contributed by atoms with Gasteiger partial charge >= 0.3 is 0 Å². The highest BCUT2D eigenvalue weighted by Crippen LogP contribution is 2.02. The fourth-order valence-corrected chi connectivity index (χ4v) is 0.972. The predicted octanol–water partition coefficient (Wildman–Crippen LogP) is 0.936. The summed E-state index contributed by atoms with van der Waals surface area (Å²) in [6.45, 7) is 1.72. The van der Waals surface area contributed by atoms with Crippen LogP contribution in [0.1, 0.15) is 17.3 Å². The first kappa shape index (κ1) is 10.7. The van der Waals surface area contributed by atoms with Gasteiger partial charge in [-0.1, -0.05) is 6.07 Å². The molecule has 1 rings (SSSR count). The third-order valence-electron chi connectivity index (χ3n) is 1.64. The summed E-state index contributed by atoms with van der Waals surface area (Å²) in [4.78, 5) is 11.3. The van der Waals surface area contributed by atoms with Crippen LogP contribution in [-0.4, -0.2) is 23.7 Å². The molecule has 1 atom stereocenters. The first-order valence-electron chi connectivity index (χ1n) is 4.31. The highest BCUT2D eigenvalue weighted by Gasteiger charge is 2.06. The Hall–Kier alpha value is -1.42. The summed E-state index contributed by atoms with van der Waals surface area (Å²) in [5.74, 6) is -0.833. The number of rotatable bonds is 3. The minimum Gasteiger partial charge on any atom is -0.392 e. The van der Waals surface area contributed by atoms with Crippen molar-refractivity contribution in [3.63, 3.8) is 0 Å². The molecular weight excluding hydrogens is 185 g/mol. The van der Waals surface area contributed by atoms with E-state index in [4.69, 9.17) is 5.11 Å². The number of amides is 1. The van der Waals surface area contributed by atoms with Crippen LogP contribution < -0.4 is 5.32 Å². The molecular formula is C10H12FNO2. The molecule has 2 N–H and O–H groups in total. The van der Waals surface area contributed by atoms with Gasteiger partial charge in [0.15, 0.2) is 0 Å². The number of aliphatic hydroxyl groups is 1. The van der Waals surface area contributed by atoms with Gasteiger partial charge in [0.1, 0.15) is 5.82 Å². The first-order valence-corrected chi connectivity index (χ1v) is 4.31. The number of carbonyl (C=O) groups excluding carboxylic acids is 1. The van der Waals surface area contributed by atoms with Gasteiger partial charge in [-0.25, -0.2) is 4.39 Å². The van der Waals surface area contributed by atoms with Gasteiger partial charge in [-0.15, -0.1) is 0 Å². The molecule has 76 valence electrons. The SMILES string of the molecule is CC(O)CNC(=O)c1cccc(F)c1. The molecule has 0 saturated carbocycles. The average Bonchev–Trinajstić information content (AvgIpc) is 2.14. The molecule has 14 heavy (non-hydrogen) atoms. The van der Waals surface area contributed by atoms with E-state index >= 15 is 0 Å². The lowest BCUT2D eigenvalue weighted by atomic mass is 10.2. The average molecular weight is 197 g/mol. The van der Waals surface area contributed by atoms with Gasteiger partial charge in [-0.05, 0) is 25.1 Å². The Morgan fingerprint density at radius 3 is 2.93 bits per heavy atom. The molecule has 1 aromatic rings. The summed E-state index contributed by atoms with van der Waals surface area (Å²) >= 11 is 0. The molecule has 0 saturated heterocycles. The van der Waals surface area contributed by atoms with Crippen molar-refractivity contribution < 1.29 is 14.3 Å². The lowest BCUT2D eigenvalue weighted by molar-refractivity contribution is 0.0923. The van der Waals surface area contributed by atoms with E-state index in [0.717, 1.165) is 6.07 Å². The van der Waals surface area contributed by atoms with Crippen LogP contribution in [0.2, 0.25) is 0 Å². The highest BCUT2D eigenvalue weighted by atomic mass is 19.1. The van der Waals surface area contributed by atoms with Crippen LogP contribution in [0, 0.1) is 5.82 Å². The van der Waals surface area contributed by atoms with Crippen molar-refractivity contribution in [1.29, 1.82) is 0 Å². The number of halogens is 1. The van der Waals surface area contributed by atoms with Crippen molar-refractivity contribution in [2.24, 2.45) is 0 Å². The second-order valence-electron chi connectivity index (χ2n) is 3.07. The zero-order chi connectivity index (χ0) is 10.6. The second-order valence-corrected chi connectivity index (χ2v) is 3.07. The van der Waals surface area contributed by atoms with Crippen molar-refractivity contribution in [2.45, 2.75) is 13.0 Å². The third kappa shape index (κ3) is 3.14. The molecule has 0 spiro atoms. The molecule has 0 heterocycles. The quantitative estimate of drug-likeness (QED) is 0.757. The van der Waals surface area contributed by atoms with Gasteiger partial charge in [-0.2, -0.15) is 0 Å². The first-order chi connectivity index (χ1) is 6.59. The standard InChI is InChI=1S/C10H12FNO2/c1-7(13)6-12-10(14)8-3-2-4-9(11)5-8/h2-5,7,13H,6H2,1H3,(H,12,14). The van der Waals surface area contributed by atoms with Crippen LogP contribution in [0.5, 0.6) is 0 Å². The van der Waals surface area contributed by atoms with Crippen molar-refractivity contribution in [2.75, 3.05) is 6.54 Å². The van der Waals surface area contributed by atoms with Crippen LogP contribution in [0.3, 0.4) is 0 Å². The van der Waals surface area contributed by atoms with E-state index in [-0.39, 0.29) is 18.0 Å². The number of benzene rings is 1. The minimum absolute atomic E-state index is 0.162. The zero-order valence-electron chi connectivity index (χ0n) is 7.83. The van der Waals surface area contributed by atoms with Gasteiger partial charge in [0.25, 0.3) is 5.91 Å². The summed E-state index contributed by atoms with van der Waals surface area (Å²) in [6, 6.07) is 5.40. The van der Waals surface area contributed by atoms with E-state index in [0.29, 0.717) is 0 Å². The Labute approximate surface area is 81.6 Å². The van der Waals surface area contributed by atoms with Gasteiger partial charge in [0, 0.05) is 12.1 Å². The van der Waals surface area contributed by atoms with Crippen LogP contribution in [0.15, 0.2) is 24.3 Å². The van der Waals surface area contributed by atoms with Gasteiger partial charge in [0.2, 0.25) is 0 Å². The number of carbonyl (C=O) groups is 1. The zero-order valence-corrected chi connectivity index (χ0v) is 7.83. The van der Waals surface area contributed by atoms with Gasteiger partial charge in [-0.3, -0.25) is 4.79 Å². The Morgan fingerprint density at radius 2 is 2.36 bits per heavy atom. The summed E-state index contributed by atoms with van der Waals surface area (Å²) in [5, 5.41) is 11.4. The molecule has 0 bridgehead atoms. The van der Waals surface area contributed by atoms with E-state index in [2.05, 4.69) is 5.32 Å². The Balaban J connectivity index is 2.61.